The van der Waals surface area contributed by atoms with Crippen LogP contribution in [0.1, 0.15) is 26.2 Å². The second kappa shape index (κ2) is 5.56. The Labute approximate surface area is 118 Å². The minimum Gasteiger partial charge on any atom is -0.506 e. The van der Waals surface area contributed by atoms with Gasteiger partial charge in [-0.3, -0.25) is 4.72 Å². The van der Waals surface area contributed by atoms with Crippen LogP contribution in [0, 0.1) is 0 Å². The summed E-state index contributed by atoms with van der Waals surface area (Å²) in [5, 5.41) is 10.0. The molecule has 0 aromatic heterocycles. The van der Waals surface area contributed by atoms with Crippen LogP contribution >= 0.6 is 11.6 Å². The molecule has 0 bridgehead atoms. The van der Waals surface area contributed by atoms with Gasteiger partial charge < -0.3 is 5.11 Å². The fraction of sp³-hybridized carbons (Fsp3) is 0.500. The number of hydrogen-bond acceptors (Lipinski definition) is 3. The summed E-state index contributed by atoms with van der Waals surface area (Å²) >= 11 is 5.71. The Bertz CT molecular complexity index is 562. The molecule has 1 heterocycles. The average molecular weight is 305 g/mol. The molecule has 106 valence electrons. The third-order valence-electron chi connectivity index (χ3n) is 3.25. The van der Waals surface area contributed by atoms with Gasteiger partial charge in [-0.15, -0.1) is 0 Å². The molecule has 0 amide bonds. The van der Waals surface area contributed by atoms with Crippen LogP contribution in [0.25, 0.3) is 0 Å². The number of halogens is 1. The van der Waals surface area contributed by atoms with Gasteiger partial charge in [0.1, 0.15) is 5.75 Å². The highest BCUT2D eigenvalue weighted by Gasteiger charge is 2.29. The van der Waals surface area contributed by atoms with E-state index in [0.29, 0.717) is 11.6 Å². The number of phenols is 1. The molecule has 1 unspecified atom stereocenters. The van der Waals surface area contributed by atoms with E-state index in [2.05, 4.69) is 4.72 Å². The quantitative estimate of drug-likeness (QED) is 0.843. The van der Waals surface area contributed by atoms with Crippen LogP contribution in [-0.4, -0.2) is 30.4 Å². The zero-order valence-corrected chi connectivity index (χ0v) is 12.2. The number of aromatic hydroxyl groups is 1. The summed E-state index contributed by atoms with van der Waals surface area (Å²) in [4.78, 5) is 0. The number of benzene rings is 1. The number of nitrogens with one attached hydrogen (secondary N) is 1. The van der Waals surface area contributed by atoms with Crippen molar-refractivity contribution in [3.05, 3.63) is 23.2 Å². The smallest absolute Gasteiger partial charge is 0.302 e. The van der Waals surface area contributed by atoms with E-state index in [-0.39, 0.29) is 17.5 Å². The molecule has 1 aromatic carbocycles. The van der Waals surface area contributed by atoms with E-state index in [1.54, 1.807) is 0 Å². The first kappa shape index (κ1) is 14.4. The van der Waals surface area contributed by atoms with Crippen LogP contribution in [-0.2, 0) is 10.2 Å². The first-order chi connectivity index (χ1) is 8.90. The molecule has 1 saturated heterocycles. The molecule has 5 nitrogen and oxygen atoms in total. The minimum absolute atomic E-state index is 0.0271. The van der Waals surface area contributed by atoms with Crippen molar-refractivity contribution in [2.45, 2.75) is 32.2 Å². The molecule has 1 aliphatic rings. The fourth-order valence-corrected chi connectivity index (χ4v) is 3.90. The molecule has 2 rings (SSSR count). The summed E-state index contributed by atoms with van der Waals surface area (Å²) in [6.45, 7) is 2.39. The second-order valence-electron chi connectivity index (χ2n) is 4.72. The van der Waals surface area contributed by atoms with Gasteiger partial charge in [0.05, 0.1) is 5.69 Å². The molecule has 2 N–H and O–H groups in total. The number of rotatable bonds is 3. The van der Waals surface area contributed by atoms with Crippen molar-refractivity contribution >= 4 is 27.5 Å². The van der Waals surface area contributed by atoms with Crippen molar-refractivity contribution in [2.75, 3.05) is 11.3 Å². The van der Waals surface area contributed by atoms with E-state index in [0.717, 1.165) is 19.3 Å². The van der Waals surface area contributed by atoms with E-state index in [1.807, 2.05) is 6.92 Å². The Balaban J connectivity index is 2.20. The van der Waals surface area contributed by atoms with E-state index < -0.39 is 10.2 Å². The number of hydrogen-bond donors (Lipinski definition) is 2. The monoisotopic (exact) mass is 304 g/mol. The zero-order chi connectivity index (χ0) is 14.0. The maximum Gasteiger partial charge on any atom is 0.302 e. The predicted molar refractivity (Wildman–Crippen MR) is 75.7 cm³/mol. The Morgan fingerprint density at radius 2 is 2.16 bits per heavy atom. The molecule has 0 saturated carbocycles. The molecule has 1 aromatic rings. The lowest BCUT2D eigenvalue weighted by molar-refractivity contribution is 0.270. The van der Waals surface area contributed by atoms with Crippen molar-refractivity contribution in [1.82, 2.24) is 4.31 Å². The summed E-state index contributed by atoms with van der Waals surface area (Å²) in [7, 11) is -3.64. The molecule has 0 radical (unpaired) electrons. The Kier molecular flexibility index (Phi) is 4.23. The van der Waals surface area contributed by atoms with Gasteiger partial charge in [-0.2, -0.15) is 12.7 Å². The predicted octanol–water partition coefficient (Wildman–Crippen LogP) is 2.58. The van der Waals surface area contributed by atoms with Crippen LogP contribution < -0.4 is 4.72 Å². The van der Waals surface area contributed by atoms with Gasteiger partial charge in [0.15, 0.2) is 0 Å². The van der Waals surface area contributed by atoms with Gasteiger partial charge in [-0.05, 0) is 31.9 Å². The maximum atomic E-state index is 12.3. The number of nitrogens with zero attached hydrogens (tertiary/aromatic N) is 1. The SMILES string of the molecule is CC1CCCCN1S(=O)(=O)Nc1ccc(Cl)cc1O. The standard InChI is InChI=1S/C12H17ClN2O3S/c1-9-4-2-3-7-15(9)19(17,18)14-11-6-5-10(13)8-12(11)16/h5-6,8-9,14,16H,2-4,7H2,1H3. The van der Waals surface area contributed by atoms with Crippen molar-refractivity contribution in [3.63, 3.8) is 0 Å². The molecule has 19 heavy (non-hydrogen) atoms. The molecule has 1 atom stereocenters. The lowest BCUT2D eigenvalue weighted by Gasteiger charge is -2.32. The van der Waals surface area contributed by atoms with Crippen molar-refractivity contribution in [3.8, 4) is 5.75 Å². The molecular formula is C12H17ClN2O3S. The Hall–Kier alpha value is -0.980. The molecule has 0 spiro atoms. The van der Waals surface area contributed by atoms with Crippen molar-refractivity contribution in [1.29, 1.82) is 0 Å². The maximum absolute atomic E-state index is 12.3. The summed E-state index contributed by atoms with van der Waals surface area (Å²) in [6.07, 6.45) is 2.75. The summed E-state index contributed by atoms with van der Waals surface area (Å²) in [5.74, 6) is -0.180. The van der Waals surface area contributed by atoms with Crippen LogP contribution in [0.15, 0.2) is 18.2 Å². The van der Waals surface area contributed by atoms with E-state index in [4.69, 9.17) is 11.6 Å². The molecular weight excluding hydrogens is 288 g/mol. The molecule has 0 aliphatic carbocycles. The van der Waals surface area contributed by atoms with Crippen molar-refractivity contribution in [2.24, 2.45) is 0 Å². The van der Waals surface area contributed by atoms with E-state index in [9.17, 15) is 13.5 Å². The summed E-state index contributed by atoms with van der Waals surface area (Å²) in [5.41, 5.74) is 0.141. The third kappa shape index (κ3) is 3.32. The molecule has 1 aliphatic heterocycles. The van der Waals surface area contributed by atoms with Crippen LogP contribution in [0.2, 0.25) is 5.02 Å². The fourth-order valence-electron chi connectivity index (χ4n) is 2.22. The lowest BCUT2D eigenvalue weighted by Crippen LogP contribution is -2.44. The van der Waals surface area contributed by atoms with Gasteiger partial charge in [-0.25, -0.2) is 0 Å². The highest BCUT2D eigenvalue weighted by molar-refractivity contribution is 7.90. The number of phenolic OH excluding ortho intramolecular Hbond substituents is 1. The van der Waals surface area contributed by atoms with Gasteiger partial charge in [-0.1, -0.05) is 18.0 Å². The topological polar surface area (TPSA) is 69.6 Å². The average Bonchev–Trinajstić information content (AvgIpc) is 2.33. The van der Waals surface area contributed by atoms with Gasteiger partial charge >= 0.3 is 10.2 Å². The number of piperidine rings is 1. The number of anilines is 1. The molecule has 1 fully saturated rings. The third-order valence-corrected chi connectivity index (χ3v) is 5.12. The van der Waals surface area contributed by atoms with Gasteiger partial charge in [0.25, 0.3) is 0 Å². The second-order valence-corrected chi connectivity index (χ2v) is 6.78. The highest BCUT2D eigenvalue weighted by atomic mass is 35.5. The van der Waals surface area contributed by atoms with Gasteiger partial charge in [0.2, 0.25) is 0 Å². The first-order valence-electron chi connectivity index (χ1n) is 6.18. The highest BCUT2D eigenvalue weighted by Crippen LogP contribution is 2.29. The summed E-state index contributed by atoms with van der Waals surface area (Å²) < 4.78 is 28.4. The molecule has 7 heteroatoms. The van der Waals surface area contributed by atoms with Gasteiger partial charge in [0, 0.05) is 23.7 Å². The Morgan fingerprint density at radius 3 is 2.79 bits per heavy atom. The van der Waals surface area contributed by atoms with Crippen LogP contribution in [0.5, 0.6) is 5.75 Å². The van der Waals surface area contributed by atoms with Crippen molar-refractivity contribution < 1.29 is 13.5 Å². The normalized spacial score (nSPS) is 21.3. The first-order valence-corrected chi connectivity index (χ1v) is 8.00. The largest absolute Gasteiger partial charge is 0.506 e. The minimum atomic E-state index is -3.64. The summed E-state index contributed by atoms with van der Waals surface area (Å²) in [6, 6.07) is 4.25. The Morgan fingerprint density at radius 1 is 1.42 bits per heavy atom. The van der Waals surface area contributed by atoms with E-state index >= 15 is 0 Å². The zero-order valence-electron chi connectivity index (χ0n) is 10.6. The van der Waals surface area contributed by atoms with Crippen LogP contribution in [0.4, 0.5) is 5.69 Å². The van der Waals surface area contributed by atoms with E-state index in [1.165, 1.54) is 22.5 Å². The van der Waals surface area contributed by atoms with Crippen LogP contribution in [0.3, 0.4) is 0 Å². The lowest BCUT2D eigenvalue weighted by atomic mass is 10.1.